The molecule has 0 aliphatic carbocycles. The van der Waals surface area contributed by atoms with E-state index in [1.165, 1.54) is 0 Å². The summed E-state index contributed by atoms with van der Waals surface area (Å²) in [5.74, 6) is -0.937. The maximum Gasteiger partial charge on any atom is 0.335 e. The van der Waals surface area contributed by atoms with Gasteiger partial charge in [-0.3, -0.25) is 0 Å². The van der Waals surface area contributed by atoms with Crippen LogP contribution in [-0.2, 0) is 11.2 Å². The average molecular weight is 292 g/mol. The quantitative estimate of drug-likeness (QED) is 0.908. The highest BCUT2D eigenvalue weighted by atomic mass is 16.5. The van der Waals surface area contributed by atoms with Crippen molar-refractivity contribution in [3.63, 3.8) is 0 Å². The topological polar surface area (TPSA) is 70.1 Å². The van der Waals surface area contributed by atoms with Crippen LogP contribution in [0.1, 0.15) is 15.9 Å². The van der Waals surface area contributed by atoms with Crippen LogP contribution in [0.15, 0.2) is 24.3 Å². The summed E-state index contributed by atoms with van der Waals surface area (Å²) in [5.41, 5.74) is 1.04. The molecule has 1 fully saturated rings. The second kappa shape index (κ2) is 7.08. The predicted molar refractivity (Wildman–Crippen MR) is 77.5 cm³/mol. The molecular formula is C15H20N2O4. The number of amides is 2. The first-order valence-corrected chi connectivity index (χ1v) is 6.98. The highest BCUT2D eigenvalue weighted by molar-refractivity contribution is 5.89. The van der Waals surface area contributed by atoms with Crippen molar-refractivity contribution >= 4 is 12.0 Å². The first-order valence-electron chi connectivity index (χ1n) is 6.98. The number of aromatic carboxylic acids is 1. The van der Waals surface area contributed by atoms with Gasteiger partial charge in [-0.05, 0) is 18.1 Å². The minimum atomic E-state index is -0.937. The lowest BCUT2D eigenvalue weighted by atomic mass is 10.0. The standard InChI is InChI=1S/C15H20N2O4/c1-16(15(20)17-8-10-21-11-9-17)7-6-12-4-2-3-5-13(12)14(18)19/h2-5H,6-11H2,1H3,(H,18,19). The van der Waals surface area contributed by atoms with Gasteiger partial charge in [-0.2, -0.15) is 0 Å². The largest absolute Gasteiger partial charge is 0.478 e. The Morgan fingerprint density at radius 2 is 1.95 bits per heavy atom. The zero-order valence-electron chi connectivity index (χ0n) is 12.1. The van der Waals surface area contributed by atoms with Crippen molar-refractivity contribution in [1.29, 1.82) is 0 Å². The molecule has 1 saturated heterocycles. The van der Waals surface area contributed by atoms with E-state index < -0.39 is 5.97 Å². The molecule has 1 aliphatic heterocycles. The molecule has 0 aromatic heterocycles. The van der Waals surface area contributed by atoms with E-state index in [0.717, 1.165) is 5.56 Å². The normalized spacial score (nSPS) is 14.8. The van der Waals surface area contributed by atoms with Crippen LogP contribution in [0.4, 0.5) is 4.79 Å². The number of carbonyl (C=O) groups excluding carboxylic acids is 1. The van der Waals surface area contributed by atoms with Crippen molar-refractivity contribution in [3.05, 3.63) is 35.4 Å². The van der Waals surface area contributed by atoms with Crippen LogP contribution in [0, 0.1) is 0 Å². The molecular weight excluding hydrogens is 272 g/mol. The minimum Gasteiger partial charge on any atom is -0.478 e. The van der Waals surface area contributed by atoms with Crippen LogP contribution in [-0.4, -0.2) is 66.8 Å². The molecule has 1 aromatic carbocycles. The number of carbonyl (C=O) groups is 2. The summed E-state index contributed by atoms with van der Waals surface area (Å²) in [6, 6.07) is 6.85. The number of urea groups is 1. The molecule has 114 valence electrons. The third-order valence-corrected chi connectivity index (χ3v) is 3.57. The van der Waals surface area contributed by atoms with Crippen molar-refractivity contribution in [1.82, 2.24) is 9.80 Å². The van der Waals surface area contributed by atoms with E-state index in [2.05, 4.69) is 0 Å². The lowest BCUT2D eigenvalue weighted by molar-refractivity contribution is 0.0454. The lowest BCUT2D eigenvalue weighted by Gasteiger charge is -2.31. The monoisotopic (exact) mass is 292 g/mol. The van der Waals surface area contributed by atoms with Crippen LogP contribution in [0.25, 0.3) is 0 Å². The highest BCUT2D eigenvalue weighted by Gasteiger charge is 2.20. The van der Waals surface area contributed by atoms with E-state index in [1.807, 2.05) is 6.07 Å². The minimum absolute atomic E-state index is 0.0360. The van der Waals surface area contributed by atoms with E-state index in [-0.39, 0.29) is 6.03 Å². The second-order valence-corrected chi connectivity index (χ2v) is 5.02. The molecule has 21 heavy (non-hydrogen) atoms. The molecule has 6 heteroatoms. The van der Waals surface area contributed by atoms with E-state index >= 15 is 0 Å². The van der Waals surface area contributed by atoms with Gasteiger partial charge in [0, 0.05) is 26.7 Å². The molecule has 0 saturated carbocycles. The van der Waals surface area contributed by atoms with E-state index in [9.17, 15) is 9.59 Å². The van der Waals surface area contributed by atoms with Crippen molar-refractivity contribution in [2.75, 3.05) is 39.9 Å². The summed E-state index contributed by atoms with van der Waals surface area (Å²) in [4.78, 5) is 26.7. The Morgan fingerprint density at radius 1 is 1.29 bits per heavy atom. The molecule has 2 amide bonds. The summed E-state index contributed by atoms with van der Waals surface area (Å²) in [6.45, 7) is 2.84. The molecule has 0 radical (unpaired) electrons. The number of morpholine rings is 1. The summed E-state index contributed by atoms with van der Waals surface area (Å²) < 4.78 is 5.22. The molecule has 0 spiro atoms. The number of rotatable bonds is 4. The number of nitrogens with zero attached hydrogens (tertiary/aromatic N) is 2. The maximum atomic E-state index is 12.2. The van der Waals surface area contributed by atoms with Crippen LogP contribution >= 0.6 is 0 Å². The van der Waals surface area contributed by atoms with Gasteiger partial charge in [0.1, 0.15) is 0 Å². The average Bonchev–Trinajstić information content (AvgIpc) is 2.52. The van der Waals surface area contributed by atoms with Gasteiger partial charge in [-0.1, -0.05) is 18.2 Å². The zero-order valence-corrected chi connectivity index (χ0v) is 12.1. The van der Waals surface area contributed by atoms with Crippen molar-refractivity contribution in [2.24, 2.45) is 0 Å². The molecule has 1 aromatic rings. The Balaban J connectivity index is 1.93. The SMILES string of the molecule is CN(CCc1ccccc1C(=O)O)C(=O)N1CCOCC1. The van der Waals surface area contributed by atoms with Crippen LogP contribution in [0.2, 0.25) is 0 Å². The summed E-state index contributed by atoms with van der Waals surface area (Å²) in [6.07, 6.45) is 0.523. The third kappa shape index (κ3) is 3.95. The Bertz CT molecular complexity index is 512. The van der Waals surface area contributed by atoms with Crippen molar-refractivity contribution < 1.29 is 19.4 Å². The Hall–Kier alpha value is -2.08. The number of hydrogen-bond acceptors (Lipinski definition) is 3. The second-order valence-electron chi connectivity index (χ2n) is 5.02. The van der Waals surface area contributed by atoms with Gasteiger partial charge >= 0.3 is 12.0 Å². The van der Waals surface area contributed by atoms with Gasteiger partial charge in [0.15, 0.2) is 0 Å². The number of hydrogen-bond donors (Lipinski definition) is 1. The molecule has 0 atom stereocenters. The Labute approximate surface area is 123 Å². The highest BCUT2D eigenvalue weighted by Crippen LogP contribution is 2.11. The fourth-order valence-electron chi connectivity index (χ4n) is 2.33. The number of ether oxygens (including phenoxy) is 1. The molecule has 0 unspecified atom stereocenters. The number of carboxylic acid groups (broad SMARTS) is 1. The van der Waals surface area contributed by atoms with E-state index in [1.54, 1.807) is 35.0 Å². The first kappa shape index (κ1) is 15.3. The van der Waals surface area contributed by atoms with Gasteiger partial charge in [0.25, 0.3) is 0 Å². The summed E-state index contributed by atoms with van der Waals surface area (Å²) >= 11 is 0. The number of likely N-dealkylation sites (N-methyl/N-ethyl adjacent to an activating group) is 1. The molecule has 2 rings (SSSR count). The Kier molecular flexibility index (Phi) is 5.16. The summed E-state index contributed by atoms with van der Waals surface area (Å²) in [5, 5.41) is 9.14. The lowest BCUT2D eigenvalue weighted by Crippen LogP contribution is -2.47. The molecule has 1 N–H and O–H groups in total. The summed E-state index contributed by atoms with van der Waals surface area (Å²) in [7, 11) is 1.74. The molecule has 1 heterocycles. The van der Waals surface area contributed by atoms with Gasteiger partial charge in [-0.15, -0.1) is 0 Å². The van der Waals surface area contributed by atoms with Gasteiger partial charge in [0.05, 0.1) is 18.8 Å². The van der Waals surface area contributed by atoms with E-state index in [4.69, 9.17) is 9.84 Å². The van der Waals surface area contributed by atoms with Crippen LogP contribution in [0.5, 0.6) is 0 Å². The molecule has 1 aliphatic rings. The third-order valence-electron chi connectivity index (χ3n) is 3.57. The zero-order chi connectivity index (χ0) is 15.2. The van der Waals surface area contributed by atoms with Crippen LogP contribution in [0.3, 0.4) is 0 Å². The molecule has 6 nitrogen and oxygen atoms in total. The maximum absolute atomic E-state index is 12.2. The van der Waals surface area contributed by atoms with Gasteiger partial charge in [-0.25, -0.2) is 9.59 Å². The molecule has 0 bridgehead atoms. The smallest absolute Gasteiger partial charge is 0.335 e. The van der Waals surface area contributed by atoms with E-state index in [0.29, 0.717) is 44.8 Å². The Morgan fingerprint density at radius 3 is 2.62 bits per heavy atom. The van der Waals surface area contributed by atoms with Gasteiger partial charge < -0.3 is 19.6 Å². The first-order chi connectivity index (χ1) is 10.1. The van der Waals surface area contributed by atoms with Crippen LogP contribution < -0.4 is 0 Å². The van der Waals surface area contributed by atoms with Crippen molar-refractivity contribution in [2.45, 2.75) is 6.42 Å². The number of carboxylic acids is 1. The number of benzene rings is 1. The van der Waals surface area contributed by atoms with Crippen molar-refractivity contribution in [3.8, 4) is 0 Å². The fourth-order valence-corrected chi connectivity index (χ4v) is 2.33. The predicted octanol–water partition coefficient (Wildman–Crippen LogP) is 1.31. The fraction of sp³-hybridized carbons (Fsp3) is 0.467. The van der Waals surface area contributed by atoms with Gasteiger partial charge in [0.2, 0.25) is 0 Å².